The van der Waals surface area contributed by atoms with Crippen LogP contribution in [-0.2, 0) is 4.79 Å². The number of aliphatic hydroxyl groups is 1. The molecule has 0 fully saturated rings. The highest BCUT2D eigenvalue weighted by Crippen LogP contribution is 2.43. The van der Waals surface area contributed by atoms with Crippen molar-refractivity contribution in [3.05, 3.63) is 71.5 Å². The van der Waals surface area contributed by atoms with E-state index in [-0.39, 0.29) is 12.1 Å². The minimum absolute atomic E-state index is 0.108. The van der Waals surface area contributed by atoms with Gasteiger partial charge >= 0.3 is 0 Å². The molecule has 3 aromatic rings. The van der Waals surface area contributed by atoms with E-state index in [1.54, 1.807) is 52.8 Å². The molecule has 3 aromatic carbocycles. The number of amides is 1. The first kappa shape index (κ1) is 25.6. The van der Waals surface area contributed by atoms with Gasteiger partial charge in [-0.15, -0.1) is 9.24 Å². The van der Waals surface area contributed by atoms with Crippen LogP contribution in [0.4, 0.5) is 10.1 Å². The fourth-order valence-electron chi connectivity index (χ4n) is 3.49. The molecule has 180 valence electrons. The lowest BCUT2D eigenvalue weighted by Gasteiger charge is -2.28. The number of aliphatic hydroxyl groups excluding tert-OH is 1. The lowest BCUT2D eigenvalue weighted by atomic mass is 9.98. The van der Waals surface area contributed by atoms with E-state index in [1.807, 2.05) is 0 Å². The maximum absolute atomic E-state index is 14.7. The molecule has 0 spiro atoms. The van der Waals surface area contributed by atoms with Crippen LogP contribution in [0.3, 0.4) is 0 Å². The molecule has 0 aliphatic heterocycles. The van der Waals surface area contributed by atoms with Gasteiger partial charge in [0.1, 0.15) is 24.2 Å². The fraction of sp³-hybridized carbons (Fsp3) is 0.208. The molecular weight excluding hydrogens is 478 g/mol. The zero-order chi connectivity index (χ0) is 24.8. The summed E-state index contributed by atoms with van der Waals surface area (Å²) >= 11 is 1.19. The van der Waals surface area contributed by atoms with Crippen molar-refractivity contribution in [3.8, 4) is 17.2 Å². The molecule has 3 N–H and O–H groups in total. The first-order valence-electron chi connectivity index (χ1n) is 10.1. The second kappa shape index (κ2) is 11.4. The molecule has 0 aliphatic rings. The number of halogens is 1. The number of hydrogen-bond acceptors (Lipinski definition) is 7. The Bertz CT molecular complexity index is 1160. The van der Waals surface area contributed by atoms with Crippen molar-refractivity contribution in [2.75, 3.05) is 32.2 Å². The highest BCUT2D eigenvalue weighted by Gasteiger charge is 2.27. The van der Waals surface area contributed by atoms with Crippen molar-refractivity contribution in [1.82, 2.24) is 0 Å². The maximum atomic E-state index is 14.7. The van der Waals surface area contributed by atoms with Crippen LogP contribution < -0.4 is 29.6 Å². The van der Waals surface area contributed by atoms with Gasteiger partial charge in [0, 0.05) is 16.0 Å². The van der Waals surface area contributed by atoms with E-state index < -0.39 is 17.8 Å². The van der Waals surface area contributed by atoms with Gasteiger partial charge in [-0.1, -0.05) is 24.3 Å². The Labute approximate surface area is 204 Å². The van der Waals surface area contributed by atoms with Crippen LogP contribution in [0.5, 0.6) is 17.2 Å². The predicted octanol–water partition coefficient (Wildman–Crippen LogP) is 3.43. The monoisotopic (exact) mass is 504 g/mol. The number of nitrogens with two attached hydrogens (primary N) is 1. The second-order valence-electron chi connectivity index (χ2n) is 7.15. The van der Waals surface area contributed by atoms with E-state index in [2.05, 4.69) is 9.24 Å². The van der Waals surface area contributed by atoms with E-state index in [4.69, 9.17) is 19.9 Å². The molecule has 34 heavy (non-hydrogen) atoms. The average molecular weight is 505 g/mol. The first-order valence-corrected chi connectivity index (χ1v) is 11.5. The molecule has 10 heteroatoms. The molecule has 0 bridgehead atoms. The molecule has 7 nitrogen and oxygen atoms in total. The quantitative estimate of drug-likeness (QED) is 0.323. The van der Waals surface area contributed by atoms with Crippen LogP contribution in [0.2, 0.25) is 0 Å². The molecule has 0 radical (unpaired) electrons. The third-order valence-corrected chi connectivity index (χ3v) is 6.52. The van der Waals surface area contributed by atoms with Crippen LogP contribution >= 0.6 is 21.2 Å². The summed E-state index contributed by atoms with van der Waals surface area (Å²) in [6.07, 6.45) is -1.33. The molecular formula is C24H26FN2O5PS. The molecule has 0 aromatic heterocycles. The van der Waals surface area contributed by atoms with Gasteiger partial charge in [0.15, 0.2) is 11.5 Å². The van der Waals surface area contributed by atoms with Gasteiger partial charge in [-0.2, -0.15) is 0 Å². The summed E-state index contributed by atoms with van der Waals surface area (Å²) in [5.41, 5.74) is 6.41. The summed E-state index contributed by atoms with van der Waals surface area (Å²) in [4.78, 5) is 12.7. The maximum Gasteiger partial charge on any atom is 0.238 e. The van der Waals surface area contributed by atoms with Gasteiger partial charge in [-0.3, -0.25) is 9.10 Å². The van der Waals surface area contributed by atoms with Crippen LogP contribution in [0.25, 0.3) is 0 Å². The third kappa shape index (κ3) is 5.55. The van der Waals surface area contributed by atoms with E-state index in [9.17, 15) is 14.3 Å². The summed E-state index contributed by atoms with van der Waals surface area (Å²) in [5, 5.41) is 11.8. The summed E-state index contributed by atoms with van der Waals surface area (Å²) in [7, 11) is 6.97. The van der Waals surface area contributed by atoms with Gasteiger partial charge in [0.25, 0.3) is 0 Å². The Morgan fingerprint density at radius 1 is 1.06 bits per heavy atom. The van der Waals surface area contributed by atoms with Gasteiger partial charge in [-0.05, 0) is 47.6 Å². The fourth-order valence-corrected chi connectivity index (χ4v) is 4.92. The highest BCUT2D eigenvalue weighted by atomic mass is 32.2. The molecule has 2 unspecified atom stereocenters. The van der Waals surface area contributed by atoms with Crippen molar-refractivity contribution in [2.45, 2.75) is 11.0 Å². The van der Waals surface area contributed by atoms with Crippen LogP contribution in [-0.4, -0.2) is 38.9 Å². The van der Waals surface area contributed by atoms with Crippen molar-refractivity contribution in [3.63, 3.8) is 0 Å². The molecule has 0 saturated heterocycles. The standard InChI is InChI=1S/C24H26FN2O5PS/c1-30-17-11-10-14(12-19(17)32-3)34-27(13-21(26)28)23-15(6-4-8-18(23)31-2)24(29)22-16(25)7-5-9-20(22)33/h4-12,24,29H,13,33H2,1-3H3,(H2,26,28). The molecule has 3 rings (SSSR count). The number of para-hydroxylation sites is 1. The summed E-state index contributed by atoms with van der Waals surface area (Å²) in [6, 6.07) is 14.9. The van der Waals surface area contributed by atoms with Crippen molar-refractivity contribution in [2.24, 2.45) is 5.73 Å². The second-order valence-corrected chi connectivity index (χ2v) is 8.87. The molecule has 0 aliphatic carbocycles. The number of methoxy groups -OCH3 is 3. The molecule has 2 atom stereocenters. The first-order chi connectivity index (χ1) is 16.3. The topological polar surface area (TPSA) is 94.3 Å². The number of hydrogen-bond donors (Lipinski definition) is 2. The zero-order valence-corrected chi connectivity index (χ0v) is 20.9. The van der Waals surface area contributed by atoms with Crippen LogP contribution in [0.15, 0.2) is 59.5 Å². The summed E-state index contributed by atoms with van der Waals surface area (Å²) < 4.78 is 32.5. The average Bonchev–Trinajstić information content (AvgIpc) is 2.82. The number of nitrogens with zero attached hydrogens (tertiary/aromatic N) is 1. The number of primary amides is 1. The van der Waals surface area contributed by atoms with E-state index in [0.717, 1.165) is 0 Å². The third-order valence-electron chi connectivity index (χ3n) is 5.02. The number of ether oxygens (including phenoxy) is 3. The van der Waals surface area contributed by atoms with Crippen molar-refractivity contribution >= 4 is 38.1 Å². The predicted molar refractivity (Wildman–Crippen MR) is 135 cm³/mol. The smallest absolute Gasteiger partial charge is 0.238 e. The van der Waals surface area contributed by atoms with E-state index in [1.165, 1.54) is 39.3 Å². The highest BCUT2D eigenvalue weighted by molar-refractivity contribution is 8.00. The molecule has 0 saturated carbocycles. The SMILES string of the molecule is COc1ccc(SN(CC(N)=O)c2c(OC)cccc2C(O)c2c(F)cccc2P)cc1OC. The van der Waals surface area contributed by atoms with Gasteiger partial charge in [0.05, 0.1) is 27.0 Å². The molecule has 0 heterocycles. The minimum Gasteiger partial charge on any atom is -0.495 e. The van der Waals surface area contributed by atoms with Crippen molar-refractivity contribution in [1.29, 1.82) is 0 Å². The normalized spacial score (nSPS) is 11.6. The number of rotatable bonds is 10. The Kier molecular flexibility index (Phi) is 8.61. The largest absolute Gasteiger partial charge is 0.495 e. The lowest BCUT2D eigenvalue weighted by Crippen LogP contribution is -2.30. The zero-order valence-electron chi connectivity index (χ0n) is 18.9. The van der Waals surface area contributed by atoms with Gasteiger partial charge in [0.2, 0.25) is 5.91 Å². The van der Waals surface area contributed by atoms with Gasteiger partial charge < -0.3 is 25.1 Å². The number of carbonyl (C=O) groups excluding carboxylic acids is 1. The van der Waals surface area contributed by atoms with E-state index >= 15 is 0 Å². The molecule has 1 amide bonds. The number of anilines is 1. The van der Waals surface area contributed by atoms with Crippen LogP contribution in [0, 0.1) is 5.82 Å². The van der Waals surface area contributed by atoms with Gasteiger partial charge in [-0.25, -0.2) is 4.39 Å². The number of benzene rings is 3. The van der Waals surface area contributed by atoms with Crippen molar-refractivity contribution < 1.29 is 28.5 Å². The Hall–Kier alpha value is -3.00. The minimum atomic E-state index is -1.33. The summed E-state index contributed by atoms with van der Waals surface area (Å²) in [5.74, 6) is 0.284. The lowest BCUT2D eigenvalue weighted by molar-refractivity contribution is -0.116. The Morgan fingerprint density at radius 2 is 1.74 bits per heavy atom. The van der Waals surface area contributed by atoms with Crippen LogP contribution in [0.1, 0.15) is 17.2 Å². The number of carbonyl (C=O) groups is 1. The Balaban J connectivity index is 2.14. The Morgan fingerprint density at radius 3 is 2.35 bits per heavy atom. The summed E-state index contributed by atoms with van der Waals surface area (Å²) in [6.45, 7) is -0.204. The van der Waals surface area contributed by atoms with E-state index in [0.29, 0.717) is 38.7 Å².